The number of hydrogen-bond donors (Lipinski definition) is 0. The van der Waals surface area contributed by atoms with Crippen molar-refractivity contribution in [3.8, 4) is 11.5 Å². The highest BCUT2D eigenvalue weighted by Gasteiger charge is 2.33. The number of ether oxygens (including phenoxy) is 5. The molecule has 0 amide bonds. The molecule has 0 atom stereocenters. The molecule has 0 saturated carbocycles. The minimum Gasteiger partial charge on any atom is -0.457 e. The van der Waals surface area contributed by atoms with Gasteiger partial charge in [0.05, 0.1) is 6.61 Å². The molecule has 2 bridgehead atoms. The van der Waals surface area contributed by atoms with Gasteiger partial charge in [0.15, 0.2) is 0 Å². The first kappa shape index (κ1) is 19.0. The monoisotopic (exact) mass is 338 g/mol. The van der Waals surface area contributed by atoms with Crippen molar-refractivity contribution in [3.63, 3.8) is 0 Å². The van der Waals surface area contributed by atoms with Crippen LogP contribution in [0.4, 0.5) is 0 Å². The molecule has 1 aliphatic rings. The van der Waals surface area contributed by atoms with Gasteiger partial charge in [0.25, 0.3) is 5.97 Å². The van der Waals surface area contributed by atoms with Gasteiger partial charge in [-0.1, -0.05) is 13.3 Å². The molecular weight excluding hydrogens is 308 g/mol. The van der Waals surface area contributed by atoms with Crippen LogP contribution in [0.5, 0.6) is 11.5 Å². The van der Waals surface area contributed by atoms with Gasteiger partial charge in [-0.05, 0) is 50.8 Å². The Kier molecular flexibility index (Phi) is 7.34. The lowest BCUT2D eigenvalue weighted by Gasteiger charge is -2.33. The van der Waals surface area contributed by atoms with Crippen molar-refractivity contribution in [1.29, 1.82) is 0 Å². The van der Waals surface area contributed by atoms with E-state index in [-0.39, 0.29) is 6.79 Å². The summed E-state index contributed by atoms with van der Waals surface area (Å²) in [6.07, 6.45) is 3.46. The Morgan fingerprint density at radius 3 is 2.46 bits per heavy atom. The zero-order chi connectivity index (χ0) is 17.4. The van der Waals surface area contributed by atoms with Crippen LogP contribution in [0.25, 0.3) is 0 Å². The fourth-order valence-corrected chi connectivity index (χ4v) is 2.81. The van der Waals surface area contributed by atoms with Gasteiger partial charge in [-0.15, -0.1) is 0 Å². The Bertz CT molecular complexity index is 509. The molecule has 1 aliphatic heterocycles. The summed E-state index contributed by atoms with van der Waals surface area (Å²) in [5, 5.41) is 0. The van der Waals surface area contributed by atoms with Gasteiger partial charge in [0.1, 0.15) is 11.5 Å². The molecule has 0 aromatic heterocycles. The molecule has 1 aromatic carbocycles. The zero-order valence-electron chi connectivity index (χ0n) is 15.4. The minimum absolute atomic E-state index is 0.282. The van der Waals surface area contributed by atoms with Crippen LogP contribution in [-0.4, -0.2) is 32.6 Å². The van der Waals surface area contributed by atoms with Crippen molar-refractivity contribution in [2.75, 3.05) is 26.6 Å². The van der Waals surface area contributed by atoms with Crippen LogP contribution < -0.4 is 9.47 Å². The van der Waals surface area contributed by atoms with Gasteiger partial charge in [0, 0.05) is 25.7 Å². The molecule has 136 valence electrons. The summed E-state index contributed by atoms with van der Waals surface area (Å²) in [7, 11) is 0. The second kappa shape index (κ2) is 9.25. The lowest BCUT2D eigenvalue weighted by atomic mass is 10.0. The van der Waals surface area contributed by atoms with Gasteiger partial charge >= 0.3 is 0 Å². The summed E-state index contributed by atoms with van der Waals surface area (Å²) in [5.41, 5.74) is 2.31. The van der Waals surface area contributed by atoms with E-state index in [1.165, 1.54) is 5.56 Å². The molecular formula is C19H30O5. The molecule has 24 heavy (non-hydrogen) atoms. The molecule has 0 aliphatic carbocycles. The van der Waals surface area contributed by atoms with E-state index in [9.17, 15) is 0 Å². The molecule has 0 N–H and O–H groups in total. The van der Waals surface area contributed by atoms with Crippen molar-refractivity contribution in [3.05, 3.63) is 23.3 Å². The SMILES string of the molecule is CCCCOC(CCc1cc2cc(c1C)OCO2)(OCC)OCC. The van der Waals surface area contributed by atoms with E-state index in [4.69, 9.17) is 23.7 Å². The van der Waals surface area contributed by atoms with E-state index in [1.807, 2.05) is 19.9 Å². The van der Waals surface area contributed by atoms with Crippen LogP contribution >= 0.6 is 0 Å². The average Bonchev–Trinajstić information content (AvgIpc) is 2.58. The molecule has 2 rings (SSSR count). The van der Waals surface area contributed by atoms with Crippen molar-refractivity contribution in [2.24, 2.45) is 0 Å². The third-order valence-corrected chi connectivity index (χ3v) is 4.13. The van der Waals surface area contributed by atoms with E-state index in [0.717, 1.165) is 36.3 Å². The van der Waals surface area contributed by atoms with Crippen molar-refractivity contribution in [1.82, 2.24) is 0 Å². The van der Waals surface area contributed by atoms with Crippen LogP contribution in [0.3, 0.4) is 0 Å². The van der Waals surface area contributed by atoms with Crippen molar-refractivity contribution in [2.45, 2.75) is 59.4 Å². The quantitative estimate of drug-likeness (QED) is 0.447. The lowest BCUT2D eigenvalue weighted by Crippen LogP contribution is -2.40. The van der Waals surface area contributed by atoms with Gasteiger partial charge < -0.3 is 23.7 Å². The number of rotatable bonds is 11. The average molecular weight is 338 g/mol. The van der Waals surface area contributed by atoms with Gasteiger partial charge in [-0.2, -0.15) is 0 Å². The summed E-state index contributed by atoms with van der Waals surface area (Å²) in [5.74, 6) is 0.758. The smallest absolute Gasteiger partial charge is 0.283 e. The molecule has 1 aromatic rings. The summed E-state index contributed by atoms with van der Waals surface area (Å²) in [6, 6.07) is 3.99. The third kappa shape index (κ3) is 4.85. The topological polar surface area (TPSA) is 46.2 Å². The molecule has 5 heteroatoms. The van der Waals surface area contributed by atoms with Crippen molar-refractivity contribution >= 4 is 0 Å². The maximum absolute atomic E-state index is 6.01. The van der Waals surface area contributed by atoms with Crippen LogP contribution in [0.2, 0.25) is 0 Å². The maximum atomic E-state index is 6.01. The van der Waals surface area contributed by atoms with E-state index in [2.05, 4.69) is 19.9 Å². The van der Waals surface area contributed by atoms with Crippen molar-refractivity contribution < 1.29 is 23.7 Å². The van der Waals surface area contributed by atoms with Crippen LogP contribution in [-0.2, 0) is 20.6 Å². The maximum Gasteiger partial charge on any atom is 0.283 e. The third-order valence-electron chi connectivity index (χ3n) is 4.13. The minimum atomic E-state index is -0.979. The molecule has 5 nitrogen and oxygen atoms in total. The molecule has 0 spiro atoms. The molecule has 0 unspecified atom stereocenters. The number of hydrogen-bond acceptors (Lipinski definition) is 5. The Hall–Kier alpha value is -1.30. The highest BCUT2D eigenvalue weighted by Crippen LogP contribution is 2.33. The highest BCUT2D eigenvalue weighted by atomic mass is 16.9. The Labute approximate surface area is 145 Å². The van der Waals surface area contributed by atoms with E-state index in [1.54, 1.807) is 0 Å². The second-order valence-electron chi connectivity index (χ2n) is 5.86. The molecule has 0 radical (unpaired) electrons. The van der Waals surface area contributed by atoms with Gasteiger partial charge in [0.2, 0.25) is 6.79 Å². The van der Waals surface area contributed by atoms with Crippen LogP contribution in [0.15, 0.2) is 12.1 Å². The first-order valence-corrected chi connectivity index (χ1v) is 8.95. The summed E-state index contributed by atoms with van der Waals surface area (Å²) in [6.45, 7) is 10.1. The Morgan fingerprint density at radius 1 is 1.04 bits per heavy atom. The second-order valence-corrected chi connectivity index (χ2v) is 5.86. The first-order valence-electron chi connectivity index (χ1n) is 8.95. The molecule has 0 fully saturated rings. The van der Waals surface area contributed by atoms with E-state index in [0.29, 0.717) is 26.2 Å². The van der Waals surface area contributed by atoms with Gasteiger partial charge in [-0.25, -0.2) is 0 Å². The standard InChI is InChI=1S/C19H30O5/c1-5-8-11-24-19(22-6-2,23-7-3)10-9-16-12-17-13-18(15(16)4)21-14-20-17/h12-13H,5-11,14H2,1-4H3. The number of unbranched alkanes of at least 4 members (excludes halogenated alkanes) is 1. The lowest BCUT2D eigenvalue weighted by molar-refractivity contribution is -0.380. The van der Waals surface area contributed by atoms with Crippen LogP contribution in [0.1, 0.15) is 51.2 Å². The molecule has 0 saturated heterocycles. The number of fused-ring (bicyclic) bond motifs is 2. The summed E-state index contributed by atoms with van der Waals surface area (Å²) in [4.78, 5) is 0. The normalized spacial score (nSPS) is 13.5. The van der Waals surface area contributed by atoms with E-state index >= 15 is 0 Å². The number of aryl methyl sites for hydroxylation is 1. The molecule has 1 heterocycles. The first-order chi connectivity index (χ1) is 11.6. The predicted octanol–water partition coefficient (Wildman–Crippen LogP) is 4.20. The predicted molar refractivity (Wildman–Crippen MR) is 92.5 cm³/mol. The summed E-state index contributed by atoms with van der Waals surface area (Å²) < 4.78 is 28.8. The van der Waals surface area contributed by atoms with E-state index < -0.39 is 5.97 Å². The summed E-state index contributed by atoms with van der Waals surface area (Å²) >= 11 is 0. The van der Waals surface area contributed by atoms with Crippen LogP contribution in [0, 0.1) is 6.92 Å². The van der Waals surface area contributed by atoms with Gasteiger partial charge in [-0.3, -0.25) is 0 Å². The fraction of sp³-hybridized carbons (Fsp3) is 0.684. The largest absolute Gasteiger partial charge is 0.457 e. The highest BCUT2D eigenvalue weighted by molar-refractivity contribution is 5.47. The Morgan fingerprint density at radius 2 is 1.79 bits per heavy atom. The zero-order valence-corrected chi connectivity index (χ0v) is 15.4. The number of benzene rings is 1. The fourth-order valence-electron chi connectivity index (χ4n) is 2.81. The Balaban J connectivity index is 2.10.